The molecule has 0 heterocycles. The molecule has 0 aromatic heterocycles. The largest absolute Gasteiger partial charge is 0.508 e. The molecule has 3 heteroatoms. The molecule has 0 spiro atoms. The molecular weight excluding hydrogens is 303 g/mol. The van der Waals surface area contributed by atoms with E-state index < -0.39 is 6.10 Å². The summed E-state index contributed by atoms with van der Waals surface area (Å²) in [7, 11) is 0. The maximum absolute atomic E-state index is 13.6. The smallest absolute Gasteiger partial charge is 0.115 e. The van der Waals surface area contributed by atoms with E-state index in [1.165, 1.54) is 18.1 Å². The van der Waals surface area contributed by atoms with Crippen molar-refractivity contribution in [1.82, 2.24) is 0 Å². The number of halogens is 1. The fourth-order valence-corrected chi connectivity index (χ4v) is 6.21. The number of hydrogen-bond donors (Lipinski definition) is 2. The van der Waals surface area contributed by atoms with E-state index in [0.29, 0.717) is 23.5 Å². The van der Waals surface area contributed by atoms with Crippen LogP contribution in [0.1, 0.15) is 56.6 Å². The van der Waals surface area contributed by atoms with Gasteiger partial charge >= 0.3 is 0 Å². The SMILES string of the molecule is CC(F)=C[C@H]1[C@H]2[C@@H]3CCc4cc(O)ccc4[C@H]3CC[C@]2(C)C[C@H]1O. The summed E-state index contributed by atoms with van der Waals surface area (Å²) in [5, 5.41) is 20.4. The van der Waals surface area contributed by atoms with Gasteiger partial charge in [0, 0.05) is 5.92 Å². The number of phenols is 1. The fraction of sp³-hybridized carbons (Fsp3) is 0.619. The molecule has 0 aliphatic heterocycles. The van der Waals surface area contributed by atoms with E-state index in [9.17, 15) is 14.6 Å². The molecule has 2 N–H and O–H groups in total. The summed E-state index contributed by atoms with van der Waals surface area (Å²) in [6.45, 7) is 3.78. The number of phenolic OH excluding ortho intramolecular Hbond substituents is 1. The first kappa shape index (κ1) is 16.1. The predicted octanol–water partition coefficient (Wildman–Crippen LogP) is 4.71. The van der Waals surface area contributed by atoms with Crippen LogP contribution in [0.3, 0.4) is 0 Å². The Bertz CT molecular complexity index is 678. The highest BCUT2D eigenvalue weighted by molar-refractivity contribution is 5.40. The lowest BCUT2D eigenvalue weighted by molar-refractivity contribution is 0.0426. The molecule has 3 aliphatic carbocycles. The Morgan fingerprint density at radius 3 is 2.88 bits per heavy atom. The van der Waals surface area contributed by atoms with Crippen molar-refractivity contribution in [2.24, 2.45) is 23.2 Å². The number of aliphatic hydroxyl groups excluding tert-OH is 1. The van der Waals surface area contributed by atoms with E-state index in [0.717, 1.165) is 32.1 Å². The number of aryl methyl sites for hydroxylation is 1. The van der Waals surface area contributed by atoms with Gasteiger partial charge in [0.15, 0.2) is 0 Å². The minimum atomic E-state index is -0.425. The van der Waals surface area contributed by atoms with Crippen LogP contribution in [0.15, 0.2) is 30.1 Å². The van der Waals surface area contributed by atoms with E-state index in [2.05, 4.69) is 13.0 Å². The molecule has 0 bridgehead atoms. The van der Waals surface area contributed by atoms with Gasteiger partial charge in [0.25, 0.3) is 0 Å². The van der Waals surface area contributed by atoms with Crippen LogP contribution in [0, 0.1) is 23.2 Å². The average molecular weight is 330 g/mol. The van der Waals surface area contributed by atoms with Crippen LogP contribution < -0.4 is 0 Å². The molecule has 130 valence electrons. The minimum absolute atomic E-state index is 0.0635. The highest BCUT2D eigenvalue weighted by atomic mass is 19.1. The molecular formula is C21H27FO2. The average Bonchev–Trinajstić information content (AvgIpc) is 2.76. The van der Waals surface area contributed by atoms with Gasteiger partial charge in [-0.1, -0.05) is 13.0 Å². The van der Waals surface area contributed by atoms with Gasteiger partial charge in [0.1, 0.15) is 5.75 Å². The second-order valence-electron chi connectivity index (χ2n) is 8.51. The Morgan fingerprint density at radius 1 is 1.33 bits per heavy atom. The first-order chi connectivity index (χ1) is 11.4. The number of rotatable bonds is 1. The second-order valence-corrected chi connectivity index (χ2v) is 8.51. The minimum Gasteiger partial charge on any atom is -0.508 e. The third kappa shape index (κ3) is 2.40. The zero-order valence-corrected chi connectivity index (χ0v) is 14.5. The monoisotopic (exact) mass is 330 g/mol. The summed E-state index contributed by atoms with van der Waals surface area (Å²) < 4.78 is 13.6. The van der Waals surface area contributed by atoms with Gasteiger partial charge in [-0.15, -0.1) is 0 Å². The molecule has 1 aromatic rings. The molecule has 2 saturated carbocycles. The van der Waals surface area contributed by atoms with Gasteiger partial charge in [0.05, 0.1) is 11.9 Å². The van der Waals surface area contributed by atoms with Crippen molar-refractivity contribution in [2.75, 3.05) is 0 Å². The molecule has 24 heavy (non-hydrogen) atoms. The number of aromatic hydroxyl groups is 1. The maximum atomic E-state index is 13.6. The van der Waals surface area contributed by atoms with Crippen molar-refractivity contribution in [3.63, 3.8) is 0 Å². The van der Waals surface area contributed by atoms with Crippen LogP contribution in [0.2, 0.25) is 0 Å². The summed E-state index contributed by atoms with van der Waals surface area (Å²) in [4.78, 5) is 0. The van der Waals surface area contributed by atoms with Crippen molar-refractivity contribution < 1.29 is 14.6 Å². The fourth-order valence-electron chi connectivity index (χ4n) is 6.21. The van der Waals surface area contributed by atoms with E-state index in [-0.39, 0.29) is 17.2 Å². The van der Waals surface area contributed by atoms with Crippen molar-refractivity contribution in [3.8, 4) is 5.75 Å². The number of fused-ring (bicyclic) bond motifs is 5. The van der Waals surface area contributed by atoms with Crippen molar-refractivity contribution >= 4 is 0 Å². The lowest BCUT2D eigenvalue weighted by Crippen LogP contribution is -2.42. The summed E-state index contributed by atoms with van der Waals surface area (Å²) in [5.74, 6) is 1.43. The molecule has 0 amide bonds. The van der Waals surface area contributed by atoms with Crippen molar-refractivity contribution in [2.45, 2.75) is 58.0 Å². The summed E-state index contributed by atoms with van der Waals surface area (Å²) in [5.41, 5.74) is 2.75. The van der Waals surface area contributed by atoms with E-state index >= 15 is 0 Å². The van der Waals surface area contributed by atoms with Crippen LogP contribution in [-0.4, -0.2) is 16.3 Å². The Labute approximate surface area is 143 Å². The van der Waals surface area contributed by atoms with Crippen LogP contribution in [0.5, 0.6) is 5.75 Å². The Kier molecular flexibility index (Phi) is 3.76. The van der Waals surface area contributed by atoms with Gasteiger partial charge in [-0.2, -0.15) is 0 Å². The van der Waals surface area contributed by atoms with Gasteiger partial charge in [-0.3, -0.25) is 0 Å². The molecule has 1 aromatic carbocycles. The molecule has 0 saturated heterocycles. The van der Waals surface area contributed by atoms with Gasteiger partial charge in [-0.25, -0.2) is 4.39 Å². The molecule has 4 rings (SSSR count). The lowest BCUT2D eigenvalue weighted by Gasteiger charge is -2.50. The first-order valence-electron chi connectivity index (χ1n) is 9.23. The van der Waals surface area contributed by atoms with E-state index in [1.807, 2.05) is 6.07 Å². The van der Waals surface area contributed by atoms with Crippen LogP contribution in [-0.2, 0) is 6.42 Å². The van der Waals surface area contributed by atoms with Crippen LogP contribution in [0.25, 0.3) is 0 Å². The van der Waals surface area contributed by atoms with Crippen LogP contribution in [0.4, 0.5) is 4.39 Å². The normalized spacial score (nSPS) is 41.5. The molecule has 2 fully saturated rings. The molecule has 6 atom stereocenters. The topological polar surface area (TPSA) is 40.5 Å². The van der Waals surface area contributed by atoms with Gasteiger partial charge < -0.3 is 10.2 Å². The van der Waals surface area contributed by atoms with E-state index in [1.54, 1.807) is 12.1 Å². The lowest BCUT2D eigenvalue weighted by atomic mass is 9.54. The summed E-state index contributed by atoms with van der Waals surface area (Å²) in [6.07, 6.45) is 6.31. The predicted molar refractivity (Wildman–Crippen MR) is 92.5 cm³/mol. The number of benzene rings is 1. The highest BCUT2D eigenvalue weighted by Gasteiger charge is 2.56. The third-order valence-corrected chi connectivity index (χ3v) is 7.04. The molecule has 2 nitrogen and oxygen atoms in total. The van der Waals surface area contributed by atoms with Crippen LogP contribution >= 0.6 is 0 Å². The molecule has 0 radical (unpaired) electrons. The summed E-state index contributed by atoms with van der Waals surface area (Å²) in [6, 6.07) is 5.79. The van der Waals surface area contributed by atoms with Gasteiger partial charge in [0.2, 0.25) is 0 Å². The number of allylic oxidation sites excluding steroid dienone is 1. The Balaban J connectivity index is 1.73. The zero-order valence-electron chi connectivity index (χ0n) is 14.5. The second kappa shape index (κ2) is 5.59. The quantitative estimate of drug-likeness (QED) is 0.783. The summed E-state index contributed by atoms with van der Waals surface area (Å²) >= 11 is 0. The van der Waals surface area contributed by atoms with Gasteiger partial charge in [-0.05, 0) is 91.5 Å². The number of aliphatic hydroxyl groups is 1. The van der Waals surface area contributed by atoms with Crippen molar-refractivity contribution in [3.05, 3.63) is 41.2 Å². The highest BCUT2D eigenvalue weighted by Crippen LogP contribution is 2.63. The Morgan fingerprint density at radius 2 is 2.12 bits per heavy atom. The standard InChI is InChI=1S/C21H27FO2/c1-12(22)9-18-19(24)11-21(2)8-7-16-15-6-4-14(23)10-13(15)3-5-17(16)20(18)21/h4,6,9-10,16-20,23-24H,3,5,7-8,11H2,1-2H3/t16-,17-,18-,19-,20-,21-/m1/s1. The van der Waals surface area contributed by atoms with E-state index in [4.69, 9.17) is 0 Å². The maximum Gasteiger partial charge on any atom is 0.115 e. The molecule has 0 unspecified atom stereocenters. The zero-order chi connectivity index (χ0) is 17.1. The molecule has 3 aliphatic rings. The third-order valence-electron chi connectivity index (χ3n) is 7.04. The Hall–Kier alpha value is -1.35. The number of hydrogen-bond acceptors (Lipinski definition) is 2. The van der Waals surface area contributed by atoms with Crippen molar-refractivity contribution in [1.29, 1.82) is 0 Å². The first-order valence-corrected chi connectivity index (χ1v) is 9.23.